The highest BCUT2D eigenvalue weighted by Crippen LogP contribution is 2.30. The van der Waals surface area contributed by atoms with Crippen LogP contribution >= 0.6 is 11.5 Å². The summed E-state index contributed by atoms with van der Waals surface area (Å²) in [5.41, 5.74) is 1.53. The summed E-state index contributed by atoms with van der Waals surface area (Å²) in [6.07, 6.45) is 3.19. The van der Waals surface area contributed by atoms with Crippen molar-refractivity contribution >= 4 is 33.3 Å². The Morgan fingerprint density at radius 3 is 2.73 bits per heavy atom. The normalized spacial score (nSPS) is 14.4. The second kappa shape index (κ2) is 5.69. The van der Waals surface area contributed by atoms with Gasteiger partial charge in [0.15, 0.2) is 5.82 Å². The van der Waals surface area contributed by atoms with Crippen molar-refractivity contribution in [2.45, 2.75) is 30.6 Å². The van der Waals surface area contributed by atoms with Crippen LogP contribution in [0.1, 0.15) is 34.3 Å². The Morgan fingerprint density at radius 1 is 1.27 bits per heavy atom. The third kappa shape index (κ3) is 2.84. The Hall–Kier alpha value is -1.93. The van der Waals surface area contributed by atoms with Crippen LogP contribution in [0.5, 0.6) is 0 Å². The number of fused-ring (bicyclic) bond motifs is 1. The summed E-state index contributed by atoms with van der Waals surface area (Å²) in [6.45, 7) is 0. The maximum atomic E-state index is 12.6. The van der Waals surface area contributed by atoms with E-state index in [1.807, 2.05) is 0 Å². The number of aromatic carboxylic acids is 1. The van der Waals surface area contributed by atoms with Crippen molar-refractivity contribution in [3.63, 3.8) is 0 Å². The second-order valence-electron chi connectivity index (χ2n) is 5.11. The van der Waals surface area contributed by atoms with Crippen LogP contribution < -0.4 is 4.72 Å². The number of aromatic nitrogens is 1. The highest BCUT2D eigenvalue weighted by molar-refractivity contribution is 7.92. The number of hydrogen-bond acceptors (Lipinski definition) is 5. The largest absolute Gasteiger partial charge is 0.478 e. The molecule has 1 aliphatic rings. The zero-order valence-corrected chi connectivity index (χ0v) is 13.2. The molecule has 2 aromatic rings. The van der Waals surface area contributed by atoms with E-state index in [-0.39, 0.29) is 16.3 Å². The van der Waals surface area contributed by atoms with Crippen molar-refractivity contribution in [2.75, 3.05) is 4.72 Å². The molecule has 0 saturated carbocycles. The molecule has 0 bridgehead atoms. The van der Waals surface area contributed by atoms with Crippen LogP contribution in [-0.4, -0.2) is 23.9 Å². The number of carbonyl (C=O) groups is 1. The maximum absolute atomic E-state index is 12.6. The van der Waals surface area contributed by atoms with Crippen LogP contribution in [0.4, 0.5) is 5.82 Å². The molecule has 1 heterocycles. The van der Waals surface area contributed by atoms with Gasteiger partial charge in [-0.25, -0.2) is 13.2 Å². The predicted octanol–water partition coefficient (Wildman–Crippen LogP) is 2.52. The van der Waals surface area contributed by atoms with Gasteiger partial charge >= 0.3 is 5.97 Å². The van der Waals surface area contributed by atoms with E-state index in [0.717, 1.165) is 35.5 Å². The number of nitrogens with one attached hydrogen (secondary N) is 1. The standard InChI is InChI=1S/C14H14N2O4S2/c17-14(18)10-7-9-3-1-2-4-11(9)12(8-10)22(19,20)16-13-5-6-21-15-13/h5-8H,1-4H2,(H,15,16)(H,17,18). The van der Waals surface area contributed by atoms with E-state index in [0.29, 0.717) is 12.8 Å². The molecule has 0 radical (unpaired) electrons. The Kier molecular flexibility index (Phi) is 3.88. The van der Waals surface area contributed by atoms with Crippen molar-refractivity contribution in [1.29, 1.82) is 0 Å². The molecule has 0 unspecified atom stereocenters. The molecule has 1 aromatic heterocycles. The first kappa shape index (κ1) is 15.0. The molecular formula is C14H14N2O4S2. The van der Waals surface area contributed by atoms with Gasteiger partial charge in [-0.1, -0.05) is 0 Å². The Bertz CT molecular complexity index is 814. The summed E-state index contributed by atoms with van der Waals surface area (Å²) in [6, 6.07) is 4.38. The van der Waals surface area contributed by atoms with Gasteiger partial charge in [0, 0.05) is 5.38 Å². The molecule has 3 rings (SSSR count). The van der Waals surface area contributed by atoms with Crippen molar-refractivity contribution in [2.24, 2.45) is 0 Å². The lowest BCUT2D eigenvalue weighted by Gasteiger charge is -2.20. The third-order valence-electron chi connectivity index (χ3n) is 3.64. The summed E-state index contributed by atoms with van der Waals surface area (Å²) >= 11 is 1.14. The minimum absolute atomic E-state index is 0.000646. The minimum Gasteiger partial charge on any atom is -0.478 e. The average Bonchev–Trinajstić information content (AvgIpc) is 2.98. The second-order valence-corrected chi connectivity index (χ2v) is 7.43. The molecule has 22 heavy (non-hydrogen) atoms. The lowest BCUT2D eigenvalue weighted by molar-refractivity contribution is 0.0696. The molecular weight excluding hydrogens is 324 g/mol. The van der Waals surface area contributed by atoms with E-state index >= 15 is 0 Å². The third-order valence-corrected chi connectivity index (χ3v) is 5.62. The molecule has 0 aliphatic heterocycles. The number of benzene rings is 1. The van der Waals surface area contributed by atoms with Crippen LogP contribution in [0.15, 0.2) is 28.5 Å². The molecule has 6 nitrogen and oxygen atoms in total. The molecule has 116 valence electrons. The number of anilines is 1. The first-order valence-electron chi connectivity index (χ1n) is 6.80. The van der Waals surface area contributed by atoms with E-state index < -0.39 is 16.0 Å². The fourth-order valence-electron chi connectivity index (χ4n) is 2.65. The number of carboxylic acid groups (broad SMARTS) is 1. The number of carboxylic acids is 1. The van der Waals surface area contributed by atoms with Gasteiger partial charge < -0.3 is 5.11 Å². The molecule has 0 atom stereocenters. The average molecular weight is 338 g/mol. The number of aryl methyl sites for hydroxylation is 1. The summed E-state index contributed by atoms with van der Waals surface area (Å²) in [4.78, 5) is 11.3. The smallest absolute Gasteiger partial charge is 0.335 e. The predicted molar refractivity (Wildman–Crippen MR) is 83.0 cm³/mol. The van der Waals surface area contributed by atoms with E-state index in [1.165, 1.54) is 6.07 Å². The zero-order valence-electron chi connectivity index (χ0n) is 11.6. The molecule has 0 saturated heterocycles. The monoisotopic (exact) mass is 338 g/mol. The van der Waals surface area contributed by atoms with Crippen molar-refractivity contribution in [3.8, 4) is 0 Å². The fraction of sp³-hybridized carbons (Fsp3) is 0.286. The Balaban J connectivity index is 2.12. The summed E-state index contributed by atoms with van der Waals surface area (Å²) < 4.78 is 31.6. The fourth-order valence-corrected chi connectivity index (χ4v) is 4.52. The van der Waals surface area contributed by atoms with Gasteiger partial charge in [-0.15, -0.1) is 0 Å². The van der Waals surface area contributed by atoms with E-state index in [2.05, 4.69) is 9.10 Å². The van der Waals surface area contributed by atoms with Crippen LogP contribution in [-0.2, 0) is 22.9 Å². The molecule has 1 aromatic carbocycles. The SMILES string of the molecule is O=C(O)c1cc2c(c(S(=O)(=O)Nc3ccsn3)c1)CCCC2. The Labute approximate surface area is 132 Å². The highest BCUT2D eigenvalue weighted by atomic mass is 32.2. The topological polar surface area (TPSA) is 96.4 Å². The number of nitrogens with zero attached hydrogens (tertiary/aromatic N) is 1. The summed E-state index contributed by atoms with van der Waals surface area (Å²) in [7, 11) is -3.85. The van der Waals surface area contributed by atoms with Crippen molar-refractivity contribution < 1.29 is 18.3 Å². The van der Waals surface area contributed by atoms with Crippen LogP contribution in [0, 0.1) is 0 Å². The molecule has 0 spiro atoms. The van der Waals surface area contributed by atoms with Gasteiger partial charge in [-0.3, -0.25) is 4.72 Å². The first-order valence-corrected chi connectivity index (χ1v) is 9.11. The van der Waals surface area contributed by atoms with Crippen molar-refractivity contribution in [3.05, 3.63) is 40.3 Å². The Morgan fingerprint density at radius 2 is 2.05 bits per heavy atom. The lowest BCUT2D eigenvalue weighted by Crippen LogP contribution is -2.19. The number of hydrogen-bond donors (Lipinski definition) is 2. The van der Waals surface area contributed by atoms with Gasteiger partial charge in [0.2, 0.25) is 0 Å². The summed E-state index contributed by atoms with van der Waals surface area (Å²) in [5.74, 6) is -0.881. The maximum Gasteiger partial charge on any atom is 0.335 e. The highest BCUT2D eigenvalue weighted by Gasteiger charge is 2.25. The molecule has 8 heteroatoms. The number of rotatable bonds is 4. The van der Waals surface area contributed by atoms with Crippen LogP contribution in [0.3, 0.4) is 0 Å². The zero-order chi connectivity index (χ0) is 15.7. The first-order chi connectivity index (χ1) is 10.5. The van der Waals surface area contributed by atoms with E-state index in [9.17, 15) is 18.3 Å². The van der Waals surface area contributed by atoms with Gasteiger partial charge in [-0.05, 0) is 66.5 Å². The molecule has 2 N–H and O–H groups in total. The van der Waals surface area contributed by atoms with Gasteiger partial charge in [0.25, 0.3) is 10.0 Å². The van der Waals surface area contributed by atoms with Gasteiger partial charge in [0.1, 0.15) is 0 Å². The van der Waals surface area contributed by atoms with Crippen molar-refractivity contribution in [1.82, 2.24) is 4.37 Å². The van der Waals surface area contributed by atoms with Crippen LogP contribution in [0.25, 0.3) is 0 Å². The summed E-state index contributed by atoms with van der Waals surface area (Å²) in [5, 5.41) is 10.9. The van der Waals surface area contributed by atoms with E-state index in [1.54, 1.807) is 17.5 Å². The minimum atomic E-state index is -3.85. The lowest BCUT2D eigenvalue weighted by atomic mass is 9.90. The quantitative estimate of drug-likeness (QED) is 0.893. The van der Waals surface area contributed by atoms with E-state index in [4.69, 9.17) is 0 Å². The van der Waals surface area contributed by atoms with Crippen LogP contribution in [0.2, 0.25) is 0 Å². The molecule has 1 aliphatic carbocycles. The van der Waals surface area contributed by atoms with Gasteiger partial charge in [-0.2, -0.15) is 4.37 Å². The number of sulfonamides is 1. The molecule has 0 fully saturated rings. The van der Waals surface area contributed by atoms with Gasteiger partial charge in [0.05, 0.1) is 10.5 Å². The molecule has 0 amide bonds.